The van der Waals surface area contributed by atoms with Crippen LogP contribution < -0.4 is 18.9 Å². The van der Waals surface area contributed by atoms with Crippen molar-refractivity contribution in [2.75, 3.05) is 52.9 Å². The van der Waals surface area contributed by atoms with E-state index in [1.54, 1.807) is 24.3 Å². The Labute approximate surface area is 376 Å². The van der Waals surface area contributed by atoms with E-state index in [1.807, 2.05) is 97.1 Å². The number of rotatable bonds is 18. The molecule has 0 spiro atoms. The Bertz CT molecular complexity index is 1510. The van der Waals surface area contributed by atoms with Crippen LogP contribution in [0.2, 0.25) is 0 Å². The topological polar surface area (TPSA) is 155 Å². The second-order valence-corrected chi connectivity index (χ2v) is 13.5. The van der Waals surface area contributed by atoms with E-state index >= 15 is 0 Å². The van der Waals surface area contributed by atoms with Crippen LogP contribution in [0, 0.1) is 0 Å². The fraction of sp³-hybridized carbons (Fsp3) is 0.412. The molecule has 4 unspecified atom stereocenters. The van der Waals surface area contributed by atoms with Crippen molar-refractivity contribution in [1.29, 1.82) is 0 Å². The van der Waals surface area contributed by atoms with Gasteiger partial charge >= 0.3 is 11.9 Å². The minimum Gasteiger partial charge on any atom is -0.491 e. The van der Waals surface area contributed by atoms with Crippen molar-refractivity contribution in [3.8, 4) is 23.0 Å². The summed E-state index contributed by atoms with van der Waals surface area (Å²) in [6.07, 6.45) is 4.84. The van der Waals surface area contributed by atoms with Gasteiger partial charge in [-0.2, -0.15) is 0 Å². The Kier molecular flexibility index (Phi) is 36.8. The van der Waals surface area contributed by atoms with E-state index in [0.717, 1.165) is 36.9 Å². The monoisotopic (exact) mass is 877 g/mol. The summed E-state index contributed by atoms with van der Waals surface area (Å²) in [5.74, 6) is 2.05. The van der Waals surface area contributed by atoms with Crippen LogP contribution in [0.1, 0.15) is 60.8 Å². The zero-order chi connectivity index (χ0) is 46.8. The van der Waals surface area contributed by atoms with Gasteiger partial charge in [0.1, 0.15) is 87.1 Å². The zero-order valence-corrected chi connectivity index (χ0v) is 38.2. The molecular formula is C51H72O12. The number of aliphatic hydroxyl groups is 2. The molecule has 0 aliphatic carbocycles. The SMILES string of the molecule is C=CC(=O)OCC(O)COc1ccccc1.C=CC(=O)OCC(O)COc1ccccc1.CCC.CCC.CCC.c1ccc(OCC2CO2)cc1.c1ccc(OCC2CO2)cc1. The molecule has 0 amide bonds. The third-order valence-corrected chi connectivity index (χ3v) is 6.70. The van der Waals surface area contributed by atoms with Gasteiger partial charge in [-0.25, -0.2) is 9.59 Å². The van der Waals surface area contributed by atoms with Gasteiger partial charge in [-0.15, -0.1) is 0 Å². The Morgan fingerprint density at radius 3 is 0.968 bits per heavy atom. The predicted molar refractivity (Wildman–Crippen MR) is 249 cm³/mol. The number of benzene rings is 4. The Hall–Kier alpha value is -5.66. The lowest BCUT2D eigenvalue weighted by molar-refractivity contribution is -0.142. The molecule has 6 rings (SSSR count). The number of hydrogen-bond donors (Lipinski definition) is 2. The van der Waals surface area contributed by atoms with Crippen LogP contribution in [0.25, 0.3) is 0 Å². The number of carbonyl (C=O) groups excluding carboxylic acids is 2. The lowest BCUT2D eigenvalue weighted by atomic mass is 10.3. The van der Waals surface area contributed by atoms with E-state index in [9.17, 15) is 19.8 Å². The van der Waals surface area contributed by atoms with Crippen LogP contribution in [0.15, 0.2) is 147 Å². The molecule has 2 fully saturated rings. The first-order valence-corrected chi connectivity index (χ1v) is 21.5. The molecule has 12 nitrogen and oxygen atoms in total. The summed E-state index contributed by atoms with van der Waals surface area (Å²) in [5, 5.41) is 18.8. The number of ether oxygens (including phenoxy) is 8. The van der Waals surface area contributed by atoms with Crippen molar-refractivity contribution in [3.05, 3.63) is 147 Å². The fourth-order valence-electron chi connectivity index (χ4n) is 3.73. The van der Waals surface area contributed by atoms with Crippen LogP contribution in [0.5, 0.6) is 23.0 Å². The van der Waals surface area contributed by atoms with Crippen LogP contribution in [0.3, 0.4) is 0 Å². The molecular weight excluding hydrogens is 805 g/mol. The highest BCUT2D eigenvalue weighted by Crippen LogP contribution is 2.15. The Morgan fingerprint density at radius 2 is 0.746 bits per heavy atom. The van der Waals surface area contributed by atoms with E-state index in [2.05, 4.69) is 64.2 Å². The van der Waals surface area contributed by atoms with Gasteiger partial charge in [0.05, 0.1) is 13.2 Å². The molecule has 0 aromatic heterocycles. The van der Waals surface area contributed by atoms with E-state index < -0.39 is 24.1 Å². The molecule has 0 saturated carbocycles. The van der Waals surface area contributed by atoms with Crippen molar-refractivity contribution in [2.24, 2.45) is 0 Å². The Morgan fingerprint density at radius 1 is 0.508 bits per heavy atom. The highest BCUT2D eigenvalue weighted by molar-refractivity contribution is 5.81. The second kappa shape index (κ2) is 40.4. The molecule has 0 bridgehead atoms. The van der Waals surface area contributed by atoms with Crippen molar-refractivity contribution >= 4 is 11.9 Å². The number of esters is 2. The maximum atomic E-state index is 10.7. The summed E-state index contributed by atoms with van der Waals surface area (Å²) in [4.78, 5) is 21.4. The number of hydrogen-bond acceptors (Lipinski definition) is 12. The van der Waals surface area contributed by atoms with E-state index in [0.29, 0.717) is 36.9 Å². The predicted octanol–water partition coefficient (Wildman–Crippen LogP) is 9.49. The van der Waals surface area contributed by atoms with Gasteiger partial charge < -0.3 is 48.1 Å². The van der Waals surface area contributed by atoms with Gasteiger partial charge in [0.15, 0.2) is 0 Å². The minimum atomic E-state index is -0.843. The molecule has 2 heterocycles. The summed E-state index contributed by atoms with van der Waals surface area (Å²) in [7, 11) is 0. The lowest BCUT2D eigenvalue weighted by Crippen LogP contribution is -2.24. The highest BCUT2D eigenvalue weighted by atomic mass is 16.6. The van der Waals surface area contributed by atoms with Crippen LogP contribution >= 0.6 is 0 Å². The minimum absolute atomic E-state index is 0.0778. The van der Waals surface area contributed by atoms with Crippen LogP contribution in [-0.2, 0) is 28.5 Å². The smallest absolute Gasteiger partial charge is 0.330 e. The zero-order valence-electron chi connectivity index (χ0n) is 38.2. The van der Waals surface area contributed by atoms with Crippen molar-refractivity contribution in [3.63, 3.8) is 0 Å². The van der Waals surface area contributed by atoms with Gasteiger partial charge in [-0.05, 0) is 48.5 Å². The average Bonchev–Trinajstić information content (AvgIpc) is 4.27. The number of epoxide rings is 2. The van der Waals surface area contributed by atoms with Crippen molar-refractivity contribution in [2.45, 2.75) is 85.2 Å². The molecule has 2 N–H and O–H groups in total. The first-order chi connectivity index (χ1) is 30.6. The molecule has 2 saturated heterocycles. The molecule has 4 atom stereocenters. The van der Waals surface area contributed by atoms with Crippen LogP contribution in [0.4, 0.5) is 0 Å². The first-order valence-electron chi connectivity index (χ1n) is 21.5. The van der Waals surface area contributed by atoms with Crippen LogP contribution in [-0.4, -0.2) is 99.4 Å². The normalized spacial score (nSPS) is 14.2. The molecule has 63 heavy (non-hydrogen) atoms. The summed E-state index contributed by atoms with van der Waals surface area (Å²) in [6, 6.07) is 37.8. The van der Waals surface area contributed by atoms with Gasteiger partial charge in [0, 0.05) is 12.2 Å². The second-order valence-electron chi connectivity index (χ2n) is 13.5. The largest absolute Gasteiger partial charge is 0.491 e. The Balaban J connectivity index is 0.000000770. The van der Waals surface area contributed by atoms with Gasteiger partial charge in [0.2, 0.25) is 0 Å². The molecule has 2 aliphatic rings. The molecule has 348 valence electrons. The number of para-hydroxylation sites is 4. The molecule has 0 radical (unpaired) electrons. The number of carbonyl (C=O) groups is 2. The standard InChI is InChI=1S/2C12H14O4.2C9H10O2.3C3H8/c2*1-2-12(14)16-9-10(13)8-15-11-6-4-3-5-7-11;2*1-2-4-8(5-3-1)10-6-9-7-11-9;3*1-3-2/h2*2-7,10,13H,1,8-9H2;2*1-5,9H,6-7H2;3*3H2,1-2H3. The summed E-state index contributed by atoms with van der Waals surface area (Å²) in [5.41, 5.74) is 0. The summed E-state index contributed by atoms with van der Waals surface area (Å²) in [6.45, 7) is 22.3. The van der Waals surface area contributed by atoms with E-state index in [4.69, 9.17) is 28.4 Å². The van der Waals surface area contributed by atoms with E-state index in [1.165, 1.54) is 19.3 Å². The van der Waals surface area contributed by atoms with E-state index in [-0.39, 0.29) is 26.4 Å². The van der Waals surface area contributed by atoms with Gasteiger partial charge in [-0.3, -0.25) is 0 Å². The molecule has 4 aromatic carbocycles. The summed E-state index contributed by atoms with van der Waals surface area (Å²) < 4.78 is 40.7. The lowest BCUT2D eigenvalue weighted by Gasteiger charge is -2.11. The van der Waals surface area contributed by atoms with Gasteiger partial charge in [-0.1, -0.05) is 147 Å². The molecule has 4 aromatic rings. The number of aliphatic hydroxyl groups excluding tert-OH is 2. The summed E-state index contributed by atoms with van der Waals surface area (Å²) >= 11 is 0. The van der Waals surface area contributed by atoms with Gasteiger partial charge in [0.25, 0.3) is 0 Å². The molecule has 12 heteroatoms. The maximum Gasteiger partial charge on any atom is 0.330 e. The van der Waals surface area contributed by atoms with Crippen molar-refractivity contribution < 1.29 is 57.7 Å². The maximum absolute atomic E-state index is 10.7. The third-order valence-electron chi connectivity index (χ3n) is 6.70. The first kappa shape index (κ1) is 57.3. The average molecular weight is 877 g/mol. The third kappa shape index (κ3) is 37.8. The molecule has 2 aliphatic heterocycles. The van der Waals surface area contributed by atoms with Crippen molar-refractivity contribution in [1.82, 2.24) is 0 Å². The quantitative estimate of drug-likeness (QED) is 0.0556. The highest BCUT2D eigenvalue weighted by Gasteiger charge is 2.23. The fourth-order valence-corrected chi connectivity index (χ4v) is 3.73.